The fourth-order valence-corrected chi connectivity index (χ4v) is 7.02. The second kappa shape index (κ2) is 6.73. The number of amidine groups is 1. The third kappa shape index (κ3) is 3.73. The minimum Gasteiger partial charge on any atom is -0.495 e. The minimum absolute atomic E-state index is 0.0169. The number of thioether (sulfide) groups is 1. The summed E-state index contributed by atoms with van der Waals surface area (Å²) < 4.78 is 29.7. The smallest absolute Gasteiger partial charge is 0.253 e. The van der Waals surface area contributed by atoms with Crippen LogP contribution in [0.5, 0.6) is 5.75 Å². The number of anilines is 1. The van der Waals surface area contributed by atoms with Crippen molar-refractivity contribution < 1.29 is 17.9 Å². The van der Waals surface area contributed by atoms with Crippen LogP contribution in [0.2, 0.25) is 5.02 Å². The van der Waals surface area contributed by atoms with Gasteiger partial charge < -0.3 is 9.64 Å². The lowest BCUT2D eigenvalue weighted by Gasteiger charge is -2.27. The average Bonchev–Trinajstić information content (AvgIpc) is 2.97. The average molecular weight is 417 g/mol. The van der Waals surface area contributed by atoms with Crippen molar-refractivity contribution in [2.45, 2.75) is 32.1 Å². The molecule has 9 heteroatoms. The Hall–Kier alpha value is -1.25. The van der Waals surface area contributed by atoms with E-state index in [9.17, 15) is 13.2 Å². The van der Waals surface area contributed by atoms with Crippen molar-refractivity contribution in [3.05, 3.63) is 23.2 Å². The quantitative estimate of drug-likeness (QED) is 0.737. The number of sulfone groups is 1. The third-order valence-corrected chi connectivity index (χ3v) is 7.75. The number of carbonyl (C=O) groups excluding carboxylic acids is 1. The van der Waals surface area contributed by atoms with Crippen LogP contribution < -0.4 is 9.64 Å². The molecule has 0 aromatic heterocycles. The molecular formula is C17H21ClN2O4S2. The van der Waals surface area contributed by atoms with Gasteiger partial charge in [0.05, 0.1) is 30.3 Å². The molecule has 2 saturated heterocycles. The molecule has 3 rings (SSSR count). The first-order valence-corrected chi connectivity index (χ1v) is 11.2. The van der Waals surface area contributed by atoms with Crippen LogP contribution in [0.3, 0.4) is 0 Å². The van der Waals surface area contributed by atoms with Crippen LogP contribution in [0.4, 0.5) is 5.69 Å². The standard InChI is InChI=1S/C17H21ClN2O4S2/c1-17(2,3)15(21)19-16-20(11-7-10(18)5-6-13(11)24-4)12-8-26(22,23)9-14(12)25-16/h5-7,12,14H,8-9H2,1-4H3/t12-,14-/m1/s1. The zero-order chi connectivity index (χ0) is 19.3. The number of aliphatic imine (C=N–C) groups is 1. The van der Waals surface area contributed by atoms with Gasteiger partial charge in [0.2, 0.25) is 0 Å². The van der Waals surface area contributed by atoms with Gasteiger partial charge in [-0.2, -0.15) is 4.99 Å². The van der Waals surface area contributed by atoms with Crippen LogP contribution in [-0.2, 0) is 14.6 Å². The number of halogens is 1. The zero-order valence-electron chi connectivity index (χ0n) is 15.0. The highest BCUT2D eigenvalue weighted by Gasteiger charge is 2.50. The van der Waals surface area contributed by atoms with Gasteiger partial charge in [-0.05, 0) is 18.2 Å². The van der Waals surface area contributed by atoms with Crippen molar-refractivity contribution in [1.29, 1.82) is 0 Å². The van der Waals surface area contributed by atoms with Gasteiger partial charge in [-0.25, -0.2) is 8.42 Å². The number of hydrogen-bond acceptors (Lipinski definition) is 5. The first kappa shape index (κ1) is 19.5. The van der Waals surface area contributed by atoms with Crippen molar-refractivity contribution in [2.75, 3.05) is 23.5 Å². The molecule has 26 heavy (non-hydrogen) atoms. The monoisotopic (exact) mass is 416 g/mol. The topological polar surface area (TPSA) is 76.0 Å². The van der Waals surface area contributed by atoms with Crippen molar-refractivity contribution in [3.8, 4) is 5.75 Å². The van der Waals surface area contributed by atoms with Crippen LogP contribution in [0, 0.1) is 5.41 Å². The normalized spacial score (nSPS) is 26.2. The molecule has 6 nitrogen and oxygen atoms in total. The number of carbonyl (C=O) groups is 1. The summed E-state index contributed by atoms with van der Waals surface area (Å²) in [5.41, 5.74) is -0.000846. The largest absolute Gasteiger partial charge is 0.495 e. The van der Waals surface area contributed by atoms with E-state index in [1.165, 1.54) is 18.9 Å². The summed E-state index contributed by atoms with van der Waals surface area (Å²) in [6, 6.07) is 4.84. The first-order chi connectivity index (χ1) is 12.0. The lowest BCUT2D eigenvalue weighted by Crippen LogP contribution is -2.38. The SMILES string of the molecule is COc1ccc(Cl)cc1N1C(=NC(=O)C(C)(C)C)S[C@@H]2CS(=O)(=O)C[C@H]21. The summed E-state index contributed by atoms with van der Waals surface area (Å²) in [6.07, 6.45) is 0. The van der Waals surface area contributed by atoms with E-state index in [2.05, 4.69) is 4.99 Å². The van der Waals surface area contributed by atoms with Crippen molar-refractivity contribution >= 4 is 50.0 Å². The molecule has 1 aromatic rings. The maximum Gasteiger partial charge on any atom is 0.253 e. The second-order valence-electron chi connectivity index (χ2n) is 7.44. The van der Waals surface area contributed by atoms with Gasteiger partial charge in [0, 0.05) is 15.7 Å². The van der Waals surface area contributed by atoms with E-state index in [0.717, 1.165) is 0 Å². The molecule has 2 aliphatic heterocycles. The summed E-state index contributed by atoms with van der Waals surface area (Å²) in [6.45, 7) is 5.40. The Morgan fingerprint density at radius 2 is 2.04 bits per heavy atom. The Morgan fingerprint density at radius 1 is 1.35 bits per heavy atom. The van der Waals surface area contributed by atoms with Crippen LogP contribution in [0.15, 0.2) is 23.2 Å². The van der Waals surface area contributed by atoms with E-state index in [1.807, 2.05) is 0 Å². The first-order valence-electron chi connectivity index (χ1n) is 8.15. The fourth-order valence-electron chi connectivity index (χ4n) is 2.95. The molecule has 0 saturated carbocycles. The predicted molar refractivity (Wildman–Crippen MR) is 106 cm³/mol. The highest BCUT2D eigenvalue weighted by atomic mass is 35.5. The Morgan fingerprint density at radius 3 is 2.65 bits per heavy atom. The number of benzene rings is 1. The van der Waals surface area contributed by atoms with E-state index in [4.69, 9.17) is 16.3 Å². The minimum atomic E-state index is -3.13. The highest BCUT2D eigenvalue weighted by Crippen LogP contribution is 2.44. The van der Waals surface area contributed by atoms with Gasteiger partial charge in [0.25, 0.3) is 5.91 Å². The lowest BCUT2D eigenvalue weighted by molar-refractivity contribution is -0.124. The van der Waals surface area contributed by atoms with Crippen LogP contribution in [0.1, 0.15) is 20.8 Å². The number of hydrogen-bond donors (Lipinski definition) is 0. The van der Waals surface area contributed by atoms with Gasteiger partial charge in [-0.3, -0.25) is 4.79 Å². The number of fused-ring (bicyclic) bond motifs is 1. The van der Waals surface area contributed by atoms with Crippen LogP contribution in [-0.4, -0.2) is 49.4 Å². The van der Waals surface area contributed by atoms with Crippen LogP contribution >= 0.6 is 23.4 Å². The van der Waals surface area contributed by atoms with E-state index in [0.29, 0.717) is 21.6 Å². The third-order valence-electron chi connectivity index (χ3n) is 4.31. The molecule has 142 valence electrons. The molecule has 1 amide bonds. The van der Waals surface area contributed by atoms with Gasteiger partial charge >= 0.3 is 0 Å². The second-order valence-corrected chi connectivity index (χ2v) is 11.2. The van der Waals surface area contributed by atoms with E-state index in [1.54, 1.807) is 43.9 Å². The van der Waals surface area contributed by atoms with Gasteiger partial charge in [-0.1, -0.05) is 44.1 Å². The van der Waals surface area contributed by atoms with Gasteiger partial charge in [0.15, 0.2) is 15.0 Å². The molecule has 2 heterocycles. The molecule has 0 N–H and O–H groups in total. The maximum absolute atomic E-state index is 12.5. The van der Waals surface area contributed by atoms with Gasteiger partial charge in [0.1, 0.15) is 5.75 Å². The molecule has 2 fully saturated rings. The zero-order valence-corrected chi connectivity index (χ0v) is 17.4. The molecule has 2 atom stereocenters. The number of amides is 1. The number of nitrogens with zero attached hydrogens (tertiary/aromatic N) is 2. The molecule has 0 aliphatic carbocycles. The summed E-state index contributed by atoms with van der Waals surface area (Å²) >= 11 is 7.50. The summed E-state index contributed by atoms with van der Waals surface area (Å²) in [7, 11) is -1.60. The Kier molecular flexibility index (Phi) is 5.05. The van der Waals surface area contributed by atoms with Crippen molar-refractivity contribution in [1.82, 2.24) is 0 Å². The maximum atomic E-state index is 12.5. The van der Waals surface area contributed by atoms with E-state index in [-0.39, 0.29) is 28.7 Å². The lowest BCUT2D eigenvalue weighted by atomic mass is 9.96. The predicted octanol–water partition coefficient (Wildman–Crippen LogP) is 3.00. The molecule has 0 spiro atoms. The van der Waals surface area contributed by atoms with E-state index < -0.39 is 15.3 Å². The van der Waals surface area contributed by atoms with Gasteiger partial charge in [-0.15, -0.1) is 0 Å². The van der Waals surface area contributed by atoms with Crippen LogP contribution in [0.25, 0.3) is 0 Å². The summed E-state index contributed by atoms with van der Waals surface area (Å²) in [5, 5.41) is 0.821. The number of rotatable bonds is 2. The Labute approximate surface area is 162 Å². The Balaban J connectivity index is 2.11. The molecule has 2 aliphatic rings. The summed E-state index contributed by atoms with van der Waals surface area (Å²) in [5.74, 6) is 0.387. The fraction of sp³-hybridized carbons (Fsp3) is 0.529. The number of ether oxygens (including phenoxy) is 1. The Bertz CT molecular complexity index is 877. The van der Waals surface area contributed by atoms with E-state index >= 15 is 0 Å². The van der Waals surface area contributed by atoms with Crippen molar-refractivity contribution in [3.63, 3.8) is 0 Å². The highest BCUT2D eigenvalue weighted by molar-refractivity contribution is 8.16. The molecule has 0 bridgehead atoms. The molecule has 0 unspecified atom stereocenters. The molecule has 1 aromatic carbocycles. The molecular weight excluding hydrogens is 396 g/mol. The van der Waals surface area contributed by atoms with Crippen molar-refractivity contribution in [2.24, 2.45) is 10.4 Å². The summed E-state index contributed by atoms with van der Waals surface area (Å²) in [4.78, 5) is 18.6. The molecule has 0 radical (unpaired) electrons. The number of methoxy groups -OCH3 is 1.